The maximum absolute atomic E-state index is 13.2. The van der Waals surface area contributed by atoms with Gasteiger partial charge in [0.2, 0.25) is 5.75 Å². The lowest BCUT2D eigenvalue weighted by Crippen LogP contribution is -2.18. The van der Waals surface area contributed by atoms with E-state index in [1.54, 1.807) is 12.1 Å². The monoisotopic (exact) mass is 477 g/mol. The Labute approximate surface area is 205 Å². The summed E-state index contributed by atoms with van der Waals surface area (Å²) in [6, 6.07) is 18.7. The van der Waals surface area contributed by atoms with E-state index in [1.807, 2.05) is 55.5 Å². The quantitative estimate of drug-likeness (QED) is 0.421. The number of amides is 1. The third-order valence-corrected chi connectivity index (χ3v) is 5.78. The van der Waals surface area contributed by atoms with Gasteiger partial charge in [0.25, 0.3) is 5.91 Å². The van der Waals surface area contributed by atoms with Crippen molar-refractivity contribution in [2.24, 2.45) is 0 Å². The van der Waals surface area contributed by atoms with Gasteiger partial charge in [-0.2, -0.15) is 0 Å². The molecule has 35 heavy (non-hydrogen) atoms. The lowest BCUT2D eigenvalue weighted by molar-refractivity contribution is 0.0681. The Morgan fingerprint density at radius 1 is 0.971 bits per heavy atom. The number of hydrogen-bond acceptors (Lipinski definition) is 6. The predicted molar refractivity (Wildman–Crippen MR) is 134 cm³/mol. The molecule has 0 radical (unpaired) electrons. The molecule has 1 amide bonds. The summed E-state index contributed by atoms with van der Waals surface area (Å²) in [5, 5.41) is 2.95. The van der Waals surface area contributed by atoms with Crippen LogP contribution in [0.15, 0.2) is 60.7 Å². The van der Waals surface area contributed by atoms with Gasteiger partial charge in [0.1, 0.15) is 19.0 Å². The molecule has 3 aromatic rings. The van der Waals surface area contributed by atoms with E-state index in [-0.39, 0.29) is 12.0 Å². The number of aryl methyl sites for hydroxylation is 1. The van der Waals surface area contributed by atoms with Crippen LogP contribution in [0.3, 0.4) is 0 Å². The first kappa shape index (κ1) is 24.4. The van der Waals surface area contributed by atoms with Crippen LogP contribution in [-0.4, -0.2) is 39.4 Å². The fraction of sp³-hybridized carbons (Fsp3) is 0.321. The third kappa shape index (κ3) is 6.25. The molecule has 7 nitrogen and oxygen atoms in total. The zero-order valence-electron chi connectivity index (χ0n) is 20.3. The van der Waals surface area contributed by atoms with Crippen LogP contribution in [-0.2, 0) is 11.3 Å². The van der Waals surface area contributed by atoms with Gasteiger partial charge in [-0.15, -0.1) is 0 Å². The maximum Gasteiger partial charge on any atom is 0.256 e. The minimum Gasteiger partial charge on any atom is -0.493 e. The molecule has 184 valence electrons. The third-order valence-electron chi connectivity index (χ3n) is 5.78. The summed E-state index contributed by atoms with van der Waals surface area (Å²) in [6.07, 6.45) is 2.10. The van der Waals surface area contributed by atoms with Crippen LogP contribution in [0.1, 0.15) is 34.3 Å². The van der Waals surface area contributed by atoms with Gasteiger partial charge in [0.15, 0.2) is 11.5 Å². The summed E-state index contributed by atoms with van der Waals surface area (Å²) in [4.78, 5) is 13.2. The number of benzene rings is 3. The van der Waals surface area contributed by atoms with Crippen LogP contribution < -0.4 is 24.3 Å². The molecule has 1 saturated heterocycles. The van der Waals surface area contributed by atoms with Crippen molar-refractivity contribution in [3.8, 4) is 23.0 Å². The smallest absolute Gasteiger partial charge is 0.256 e. The van der Waals surface area contributed by atoms with Crippen LogP contribution in [0.25, 0.3) is 0 Å². The number of methoxy groups -OCH3 is 2. The van der Waals surface area contributed by atoms with E-state index in [1.165, 1.54) is 14.2 Å². The molecule has 0 spiro atoms. The molecule has 3 aromatic carbocycles. The molecule has 1 unspecified atom stereocenters. The lowest BCUT2D eigenvalue weighted by Gasteiger charge is -2.18. The van der Waals surface area contributed by atoms with Crippen LogP contribution in [0.2, 0.25) is 0 Å². The van der Waals surface area contributed by atoms with Gasteiger partial charge in [-0.1, -0.05) is 36.4 Å². The first-order valence-electron chi connectivity index (χ1n) is 11.7. The molecule has 0 bridgehead atoms. The van der Waals surface area contributed by atoms with E-state index in [9.17, 15) is 4.79 Å². The Morgan fingerprint density at radius 2 is 1.71 bits per heavy atom. The van der Waals surface area contributed by atoms with Crippen LogP contribution >= 0.6 is 0 Å². The van der Waals surface area contributed by atoms with Crippen molar-refractivity contribution in [1.82, 2.24) is 0 Å². The molecule has 0 aromatic heterocycles. The van der Waals surface area contributed by atoms with Gasteiger partial charge in [-0.05, 0) is 55.2 Å². The van der Waals surface area contributed by atoms with Crippen molar-refractivity contribution in [2.45, 2.75) is 32.5 Å². The van der Waals surface area contributed by atoms with Crippen molar-refractivity contribution >= 4 is 11.6 Å². The number of nitrogens with one attached hydrogen (secondary N) is 1. The number of rotatable bonds is 10. The summed E-state index contributed by atoms with van der Waals surface area (Å²) in [7, 11) is 3.06. The van der Waals surface area contributed by atoms with Gasteiger partial charge in [0, 0.05) is 12.2 Å². The van der Waals surface area contributed by atoms with Crippen molar-refractivity contribution in [3.63, 3.8) is 0 Å². The topological polar surface area (TPSA) is 75.3 Å². The van der Waals surface area contributed by atoms with Crippen LogP contribution in [0, 0.1) is 6.92 Å². The predicted octanol–water partition coefficient (Wildman–Crippen LogP) is 5.40. The number of hydrogen-bond donors (Lipinski definition) is 1. The highest BCUT2D eigenvalue weighted by molar-refractivity contribution is 6.05. The maximum atomic E-state index is 13.2. The Bertz CT molecular complexity index is 1120. The summed E-state index contributed by atoms with van der Waals surface area (Å²) in [6.45, 7) is 3.53. The largest absolute Gasteiger partial charge is 0.493 e. The standard InChI is InChI=1S/C28H31NO6/c1-19-11-12-23(24(14-19)34-18-22-10-7-13-33-22)29-28(30)21-15-25(31-2)27(26(16-21)32-3)35-17-20-8-5-4-6-9-20/h4-6,8-9,11-12,14-16,22H,7,10,13,17-18H2,1-3H3,(H,29,30). The molecule has 0 aliphatic carbocycles. The second kappa shape index (κ2) is 11.6. The van der Waals surface area contributed by atoms with Gasteiger partial charge in [-0.3, -0.25) is 4.79 Å². The van der Waals surface area contributed by atoms with E-state index in [2.05, 4.69) is 5.32 Å². The van der Waals surface area contributed by atoms with Crippen molar-refractivity contribution in [2.75, 3.05) is 32.8 Å². The van der Waals surface area contributed by atoms with Crippen molar-refractivity contribution in [1.29, 1.82) is 0 Å². The van der Waals surface area contributed by atoms with Gasteiger partial charge >= 0.3 is 0 Å². The molecule has 7 heteroatoms. The Balaban J connectivity index is 1.52. The van der Waals surface area contributed by atoms with E-state index in [4.69, 9.17) is 23.7 Å². The fourth-order valence-electron chi connectivity index (χ4n) is 3.89. The molecule has 4 rings (SSSR count). The van der Waals surface area contributed by atoms with E-state index < -0.39 is 0 Å². The van der Waals surface area contributed by atoms with Gasteiger partial charge < -0.3 is 29.0 Å². The van der Waals surface area contributed by atoms with E-state index in [0.29, 0.717) is 47.5 Å². The molecule has 1 aliphatic heterocycles. The number of anilines is 1. The molecule has 1 N–H and O–H groups in total. The van der Waals surface area contributed by atoms with Crippen LogP contribution in [0.4, 0.5) is 5.69 Å². The molecule has 1 atom stereocenters. The zero-order valence-corrected chi connectivity index (χ0v) is 20.3. The highest BCUT2D eigenvalue weighted by Gasteiger charge is 2.20. The summed E-state index contributed by atoms with van der Waals surface area (Å²) in [5.41, 5.74) is 3.00. The fourth-order valence-corrected chi connectivity index (χ4v) is 3.89. The minimum atomic E-state index is -0.318. The highest BCUT2D eigenvalue weighted by atomic mass is 16.5. The summed E-state index contributed by atoms with van der Waals surface area (Å²) in [5.74, 6) is 1.54. The van der Waals surface area contributed by atoms with Crippen molar-refractivity contribution < 1.29 is 28.5 Å². The molecule has 1 heterocycles. The molecule has 1 aliphatic rings. The second-order valence-corrected chi connectivity index (χ2v) is 8.38. The molecular weight excluding hydrogens is 446 g/mol. The summed E-state index contributed by atoms with van der Waals surface area (Å²) >= 11 is 0. The average molecular weight is 478 g/mol. The van der Waals surface area contributed by atoms with Gasteiger partial charge in [0.05, 0.1) is 26.0 Å². The zero-order chi connectivity index (χ0) is 24.6. The van der Waals surface area contributed by atoms with Gasteiger partial charge in [-0.25, -0.2) is 0 Å². The number of carbonyl (C=O) groups excluding carboxylic acids is 1. The SMILES string of the molecule is COc1cc(C(=O)Nc2ccc(C)cc2OCC2CCCO2)cc(OC)c1OCc1ccccc1. The number of ether oxygens (including phenoxy) is 5. The average Bonchev–Trinajstić information content (AvgIpc) is 3.41. The normalized spacial score (nSPS) is 14.9. The minimum absolute atomic E-state index is 0.0796. The lowest BCUT2D eigenvalue weighted by atomic mass is 10.1. The molecule has 1 fully saturated rings. The Kier molecular flexibility index (Phi) is 8.11. The van der Waals surface area contributed by atoms with Crippen LogP contribution in [0.5, 0.6) is 23.0 Å². The number of carbonyl (C=O) groups is 1. The van der Waals surface area contributed by atoms with E-state index in [0.717, 1.165) is 30.6 Å². The Morgan fingerprint density at radius 3 is 2.37 bits per heavy atom. The molecule has 0 saturated carbocycles. The summed E-state index contributed by atoms with van der Waals surface area (Å²) < 4.78 is 28.7. The van der Waals surface area contributed by atoms with Crippen molar-refractivity contribution in [3.05, 3.63) is 77.4 Å². The molecular formula is C28H31NO6. The second-order valence-electron chi connectivity index (χ2n) is 8.38. The highest BCUT2D eigenvalue weighted by Crippen LogP contribution is 2.39. The first-order chi connectivity index (χ1) is 17.1. The van der Waals surface area contributed by atoms with E-state index >= 15 is 0 Å². The Hall–Kier alpha value is -3.71. The first-order valence-corrected chi connectivity index (χ1v) is 11.7.